The maximum atomic E-state index is 11.5. The minimum atomic E-state index is -0.737. The third-order valence-corrected chi connectivity index (χ3v) is 6.47. The molecule has 4 nitrogen and oxygen atoms in total. The molecule has 0 aliphatic heterocycles. The van der Waals surface area contributed by atoms with E-state index in [1.165, 1.54) is 5.56 Å². The number of hydrogen-bond donors (Lipinski definition) is 1. The van der Waals surface area contributed by atoms with Crippen molar-refractivity contribution >= 4 is 17.3 Å². The number of rotatable bonds is 5. The van der Waals surface area contributed by atoms with Crippen LogP contribution in [-0.4, -0.2) is 16.1 Å². The fourth-order valence-corrected chi connectivity index (χ4v) is 4.65. The predicted octanol–water partition coefficient (Wildman–Crippen LogP) is 5.51. The molecule has 1 heterocycles. The van der Waals surface area contributed by atoms with E-state index >= 15 is 0 Å². The highest BCUT2D eigenvalue weighted by Crippen LogP contribution is 2.35. The van der Waals surface area contributed by atoms with Gasteiger partial charge in [0, 0.05) is 5.56 Å². The average molecular weight is 394 g/mol. The van der Waals surface area contributed by atoms with E-state index in [0.717, 1.165) is 50.9 Å². The first kappa shape index (κ1) is 18.7. The standard InChI is InChI=1S/C23H23NO3S/c1-14-6-8-16(9-7-14)22-24-15(2)21(28-22)13-27-18-10-11-19-17(12-18)4-3-5-20(19)23(25)26/h6-12,20H,3-5,13H2,1-2H3,(H,25,26). The highest BCUT2D eigenvalue weighted by molar-refractivity contribution is 7.15. The molecule has 1 aromatic heterocycles. The lowest BCUT2D eigenvalue weighted by molar-refractivity contribution is -0.139. The van der Waals surface area contributed by atoms with Gasteiger partial charge < -0.3 is 9.84 Å². The zero-order chi connectivity index (χ0) is 19.7. The normalized spacial score (nSPS) is 15.9. The van der Waals surface area contributed by atoms with Gasteiger partial charge in [-0.2, -0.15) is 0 Å². The molecule has 3 aromatic rings. The van der Waals surface area contributed by atoms with Crippen LogP contribution in [0, 0.1) is 13.8 Å². The van der Waals surface area contributed by atoms with Gasteiger partial charge in [0.2, 0.25) is 0 Å². The number of fused-ring (bicyclic) bond motifs is 1. The predicted molar refractivity (Wildman–Crippen MR) is 111 cm³/mol. The smallest absolute Gasteiger partial charge is 0.310 e. The van der Waals surface area contributed by atoms with E-state index in [-0.39, 0.29) is 0 Å². The number of aryl methyl sites for hydroxylation is 3. The lowest BCUT2D eigenvalue weighted by Gasteiger charge is -2.22. The SMILES string of the molecule is Cc1ccc(-c2nc(C)c(COc3ccc4c(c3)CCCC4C(=O)O)s2)cc1. The molecule has 1 aliphatic rings. The van der Waals surface area contributed by atoms with Crippen LogP contribution in [0.25, 0.3) is 10.6 Å². The molecule has 0 radical (unpaired) electrons. The topological polar surface area (TPSA) is 59.4 Å². The molecular weight excluding hydrogens is 370 g/mol. The molecule has 0 fully saturated rings. The van der Waals surface area contributed by atoms with Crippen molar-refractivity contribution in [1.29, 1.82) is 0 Å². The third kappa shape index (κ3) is 3.80. The molecule has 1 N–H and O–H groups in total. The summed E-state index contributed by atoms with van der Waals surface area (Å²) in [7, 11) is 0. The summed E-state index contributed by atoms with van der Waals surface area (Å²) < 4.78 is 6.03. The maximum Gasteiger partial charge on any atom is 0.310 e. The minimum absolute atomic E-state index is 0.390. The molecule has 4 rings (SSSR count). The second kappa shape index (κ2) is 7.76. The van der Waals surface area contributed by atoms with Gasteiger partial charge in [-0.15, -0.1) is 11.3 Å². The molecule has 1 atom stereocenters. The van der Waals surface area contributed by atoms with Crippen molar-refractivity contribution < 1.29 is 14.6 Å². The molecule has 2 aromatic carbocycles. The van der Waals surface area contributed by atoms with Crippen LogP contribution in [0.4, 0.5) is 0 Å². The lowest BCUT2D eigenvalue weighted by Crippen LogP contribution is -2.17. The van der Waals surface area contributed by atoms with Gasteiger partial charge in [0.15, 0.2) is 0 Å². The van der Waals surface area contributed by atoms with E-state index < -0.39 is 11.9 Å². The van der Waals surface area contributed by atoms with Crippen LogP contribution in [0.15, 0.2) is 42.5 Å². The number of hydrogen-bond acceptors (Lipinski definition) is 4. The third-order valence-electron chi connectivity index (χ3n) is 5.29. The number of nitrogens with zero attached hydrogens (tertiary/aromatic N) is 1. The fourth-order valence-electron chi connectivity index (χ4n) is 3.67. The summed E-state index contributed by atoms with van der Waals surface area (Å²) in [6.07, 6.45) is 2.53. The Balaban J connectivity index is 1.49. The van der Waals surface area contributed by atoms with Crippen molar-refractivity contribution in [2.24, 2.45) is 0 Å². The zero-order valence-corrected chi connectivity index (χ0v) is 16.9. The van der Waals surface area contributed by atoms with Gasteiger partial charge in [-0.3, -0.25) is 4.79 Å². The Bertz CT molecular complexity index is 1010. The second-order valence-electron chi connectivity index (χ2n) is 7.33. The van der Waals surface area contributed by atoms with Crippen LogP contribution >= 0.6 is 11.3 Å². The first-order valence-corrected chi connectivity index (χ1v) is 10.3. The number of thiazole rings is 1. The Morgan fingerprint density at radius 2 is 2.00 bits per heavy atom. The first-order valence-electron chi connectivity index (χ1n) is 9.53. The number of benzene rings is 2. The fraction of sp³-hybridized carbons (Fsp3) is 0.304. The van der Waals surface area contributed by atoms with Crippen molar-refractivity contribution in [2.45, 2.75) is 45.6 Å². The van der Waals surface area contributed by atoms with Gasteiger partial charge in [0.05, 0.1) is 16.5 Å². The highest BCUT2D eigenvalue weighted by atomic mass is 32.1. The molecule has 28 heavy (non-hydrogen) atoms. The number of carbonyl (C=O) groups is 1. The molecule has 0 saturated heterocycles. The van der Waals surface area contributed by atoms with Crippen molar-refractivity contribution in [3.05, 3.63) is 69.7 Å². The lowest BCUT2D eigenvalue weighted by atomic mass is 9.83. The summed E-state index contributed by atoms with van der Waals surface area (Å²) in [4.78, 5) is 17.3. The Hall–Kier alpha value is -2.66. The molecular formula is C23H23NO3S. The van der Waals surface area contributed by atoms with Crippen molar-refractivity contribution in [2.75, 3.05) is 0 Å². The number of carboxylic acid groups (broad SMARTS) is 1. The van der Waals surface area contributed by atoms with E-state index in [1.54, 1.807) is 11.3 Å². The van der Waals surface area contributed by atoms with Crippen LogP contribution in [-0.2, 0) is 17.8 Å². The summed E-state index contributed by atoms with van der Waals surface area (Å²) in [5.41, 5.74) is 5.38. The molecule has 144 valence electrons. The van der Waals surface area contributed by atoms with Crippen LogP contribution < -0.4 is 4.74 Å². The van der Waals surface area contributed by atoms with E-state index in [2.05, 4.69) is 31.2 Å². The van der Waals surface area contributed by atoms with Gasteiger partial charge in [-0.1, -0.05) is 35.9 Å². The molecule has 0 saturated carbocycles. The Kier molecular flexibility index (Phi) is 5.18. The number of carboxylic acids is 1. The molecule has 0 spiro atoms. The summed E-state index contributed by atoms with van der Waals surface area (Å²) in [6.45, 7) is 4.56. The monoisotopic (exact) mass is 393 g/mol. The van der Waals surface area contributed by atoms with E-state index in [1.807, 2.05) is 25.1 Å². The van der Waals surface area contributed by atoms with Crippen LogP contribution in [0.5, 0.6) is 5.75 Å². The van der Waals surface area contributed by atoms with Crippen LogP contribution in [0.1, 0.15) is 46.0 Å². The zero-order valence-electron chi connectivity index (χ0n) is 16.1. The number of ether oxygens (including phenoxy) is 1. The second-order valence-corrected chi connectivity index (χ2v) is 8.41. The molecule has 0 bridgehead atoms. The quantitative estimate of drug-likeness (QED) is 0.621. The summed E-state index contributed by atoms with van der Waals surface area (Å²) in [5, 5.41) is 10.4. The van der Waals surface area contributed by atoms with E-state index in [0.29, 0.717) is 13.0 Å². The van der Waals surface area contributed by atoms with Crippen molar-refractivity contribution in [3.63, 3.8) is 0 Å². The van der Waals surface area contributed by atoms with Crippen molar-refractivity contribution in [3.8, 4) is 16.3 Å². The Morgan fingerprint density at radius 1 is 1.21 bits per heavy atom. The number of aromatic nitrogens is 1. The Morgan fingerprint density at radius 3 is 2.75 bits per heavy atom. The van der Waals surface area contributed by atoms with Gasteiger partial charge >= 0.3 is 5.97 Å². The van der Waals surface area contributed by atoms with Gasteiger partial charge in [-0.25, -0.2) is 4.98 Å². The molecule has 1 unspecified atom stereocenters. The largest absolute Gasteiger partial charge is 0.488 e. The van der Waals surface area contributed by atoms with Gasteiger partial charge in [0.1, 0.15) is 17.4 Å². The maximum absolute atomic E-state index is 11.5. The average Bonchev–Trinajstić information content (AvgIpc) is 3.06. The number of aliphatic carboxylic acids is 1. The summed E-state index contributed by atoms with van der Waals surface area (Å²) >= 11 is 1.66. The van der Waals surface area contributed by atoms with Gasteiger partial charge in [0.25, 0.3) is 0 Å². The highest BCUT2D eigenvalue weighted by Gasteiger charge is 2.26. The summed E-state index contributed by atoms with van der Waals surface area (Å²) in [6, 6.07) is 14.2. The molecule has 0 amide bonds. The van der Waals surface area contributed by atoms with E-state index in [9.17, 15) is 9.90 Å². The van der Waals surface area contributed by atoms with Gasteiger partial charge in [-0.05, 0) is 56.4 Å². The summed E-state index contributed by atoms with van der Waals surface area (Å²) in [5.74, 6) is -0.341. The first-order chi connectivity index (χ1) is 13.5. The molecule has 1 aliphatic carbocycles. The molecule has 5 heteroatoms. The Labute approximate surface area is 168 Å². The van der Waals surface area contributed by atoms with Crippen LogP contribution in [0.2, 0.25) is 0 Å². The van der Waals surface area contributed by atoms with Crippen molar-refractivity contribution in [1.82, 2.24) is 4.98 Å². The minimum Gasteiger partial charge on any atom is -0.488 e. The van der Waals surface area contributed by atoms with E-state index in [4.69, 9.17) is 9.72 Å². The van der Waals surface area contributed by atoms with Crippen LogP contribution in [0.3, 0.4) is 0 Å².